The molecule has 1 N–H and O–H groups in total. The van der Waals surface area contributed by atoms with E-state index in [2.05, 4.69) is 39.6 Å². The molecule has 0 spiro atoms. The molecule has 0 heterocycles. The fourth-order valence-corrected chi connectivity index (χ4v) is 1.04. The molecule has 66 valence electrons. The summed E-state index contributed by atoms with van der Waals surface area (Å²) in [6, 6.07) is 0.439. The fraction of sp³-hybridized carbons (Fsp3) is 0.800. The Balaban J connectivity index is 3.88. The maximum atomic E-state index is 4.05. The summed E-state index contributed by atoms with van der Waals surface area (Å²) in [6.45, 7) is 12.9. The summed E-state index contributed by atoms with van der Waals surface area (Å²) in [6.07, 6.45) is 1.09. The molecule has 0 saturated heterocycles. The van der Waals surface area contributed by atoms with Crippen LogP contribution >= 0.6 is 0 Å². The van der Waals surface area contributed by atoms with Gasteiger partial charge in [-0.15, -0.1) is 0 Å². The second kappa shape index (κ2) is 3.91. The molecule has 0 aromatic carbocycles. The fourth-order valence-electron chi connectivity index (χ4n) is 1.04. The predicted molar refractivity (Wildman–Crippen MR) is 51.7 cm³/mol. The molecule has 0 aromatic rings. The quantitative estimate of drug-likeness (QED) is 0.618. The molecule has 1 unspecified atom stereocenters. The average Bonchev–Trinajstić information content (AvgIpc) is 1.82. The lowest BCUT2D eigenvalue weighted by molar-refractivity contribution is 0.396. The van der Waals surface area contributed by atoms with Crippen molar-refractivity contribution in [2.24, 2.45) is 5.41 Å². The Morgan fingerprint density at radius 1 is 1.45 bits per heavy atom. The number of likely N-dealkylation sites (N-methyl/N-ethyl adjacent to an activating group) is 1. The van der Waals surface area contributed by atoms with Crippen LogP contribution < -0.4 is 5.32 Å². The monoisotopic (exact) mass is 155 g/mol. The highest BCUT2D eigenvalue weighted by Crippen LogP contribution is 2.24. The van der Waals surface area contributed by atoms with Gasteiger partial charge in [0, 0.05) is 6.04 Å². The van der Waals surface area contributed by atoms with E-state index >= 15 is 0 Å². The largest absolute Gasteiger partial charge is 0.314 e. The van der Waals surface area contributed by atoms with Gasteiger partial charge in [-0.1, -0.05) is 32.9 Å². The van der Waals surface area contributed by atoms with E-state index in [1.165, 1.54) is 5.57 Å². The van der Waals surface area contributed by atoms with Gasteiger partial charge >= 0.3 is 0 Å². The number of rotatable bonds is 3. The molecule has 0 aliphatic heterocycles. The summed E-state index contributed by atoms with van der Waals surface area (Å²) in [5.41, 5.74) is 1.65. The van der Waals surface area contributed by atoms with E-state index in [1.54, 1.807) is 0 Å². The molecule has 0 aliphatic carbocycles. The Morgan fingerprint density at radius 3 is 2.18 bits per heavy atom. The maximum Gasteiger partial charge on any atom is 0.0245 e. The zero-order chi connectivity index (χ0) is 9.07. The van der Waals surface area contributed by atoms with E-state index in [0.29, 0.717) is 11.5 Å². The third-order valence-corrected chi connectivity index (χ3v) is 1.80. The molecule has 0 aromatic heterocycles. The highest BCUT2D eigenvalue weighted by Gasteiger charge is 2.14. The van der Waals surface area contributed by atoms with Gasteiger partial charge in [0.2, 0.25) is 0 Å². The Bertz CT molecular complexity index is 130. The second-order valence-corrected chi connectivity index (χ2v) is 4.41. The van der Waals surface area contributed by atoms with Crippen LogP contribution in [-0.2, 0) is 0 Å². The lowest BCUT2D eigenvalue weighted by atomic mass is 9.86. The van der Waals surface area contributed by atoms with Gasteiger partial charge in [0.05, 0.1) is 0 Å². The standard InChI is InChI=1S/C10H21N/c1-8(9(2)11-6)7-10(3,4)5/h9,11H,1,7H2,2-6H3. The predicted octanol–water partition coefficient (Wildman–Crippen LogP) is 2.59. The van der Waals surface area contributed by atoms with Gasteiger partial charge in [0.1, 0.15) is 0 Å². The van der Waals surface area contributed by atoms with Crippen molar-refractivity contribution in [3.63, 3.8) is 0 Å². The molecular weight excluding hydrogens is 134 g/mol. The van der Waals surface area contributed by atoms with Crippen LogP contribution in [0.4, 0.5) is 0 Å². The first-order valence-corrected chi connectivity index (χ1v) is 4.22. The smallest absolute Gasteiger partial charge is 0.0245 e. The van der Waals surface area contributed by atoms with Crippen molar-refractivity contribution in [1.82, 2.24) is 5.32 Å². The number of hydrogen-bond donors (Lipinski definition) is 1. The van der Waals surface area contributed by atoms with E-state index in [4.69, 9.17) is 0 Å². The third-order valence-electron chi connectivity index (χ3n) is 1.80. The molecule has 1 heteroatoms. The van der Waals surface area contributed by atoms with Crippen molar-refractivity contribution in [3.05, 3.63) is 12.2 Å². The first-order valence-electron chi connectivity index (χ1n) is 4.22. The summed E-state index contributed by atoms with van der Waals surface area (Å²) in [5, 5.41) is 3.19. The Hall–Kier alpha value is -0.300. The van der Waals surface area contributed by atoms with Crippen LogP contribution in [-0.4, -0.2) is 13.1 Å². The van der Waals surface area contributed by atoms with Crippen molar-refractivity contribution in [2.45, 2.75) is 40.2 Å². The Kier molecular flexibility index (Phi) is 3.81. The van der Waals surface area contributed by atoms with Crippen molar-refractivity contribution in [2.75, 3.05) is 7.05 Å². The van der Waals surface area contributed by atoms with Crippen LogP contribution in [0.1, 0.15) is 34.1 Å². The number of nitrogens with one attached hydrogen (secondary N) is 1. The maximum absolute atomic E-state index is 4.05. The zero-order valence-corrected chi connectivity index (χ0v) is 8.49. The van der Waals surface area contributed by atoms with Crippen LogP contribution in [0.3, 0.4) is 0 Å². The SMILES string of the molecule is C=C(CC(C)(C)C)C(C)NC. The molecule has 11 heavy (non-hydrogen) atoms. The molecule has 0 bridgehead atoms. The second-order valence-electron chi connectivity index (χ2n) is 4.41. The van der Waals surface area contributed by atoms with Crippen molar-refractivity contribution in [3.8, 4) is 0 Å². The van der Waals surface area contributed by atoms with Crippen LogP contribution in [0.2, 0.25) is 0 Å². The van der Waals surface area contributed by atoms with E-state index < -0.39 is 0 Å². The molecule has 0 rings (SSSR count). The first-order chi connectivity index (χ1) is 4.87. The van der Waals surface area contributed by atoms with Gasteiger partial charge in [0.25, 0.3) is 0 Å². The molecule has 1 atom stereocenters. The van der Waals surface area contributed by atoms with Gasteiger partial charge < -0.3 is 5.32 Å². The van der Waals surface area contributed by atoms with Crippen LogP contribution in [0.15, 0.2) is 12.2 Å². The van der Waals surface area contributed by atoms with Crippen LogP contribution in [0, 0.1) is 5.41 Å². The van der Waals surface area contributed by atoms with Crippen LogP contribution in [0.5, 0.6) is 0 Å². The Morgan fingerprint density at radius 2 is 1.91 bits per heavy atom. The third kappa shape index (κ3) is 5.02. The summed E-state index contributed by atoms with van der Waals surface area (Å²) < 4.78 is 0. The highest BCUT2D eigenvalue weighted by molar-refractivity contribution is 5.05. The van der Waals surface area contributed by atoms with Crippen molar-refractivity contribution < 1.29 is 0 Å². The minimum Gasteiger partial charge on any atom is -0.314 e. The lowest BCUT2D eigenvalue weighted by Gasteiger charge is -2.23. The van der Waals surface area contributed by atoms with Gasteiger partial charge in [-0.25, -0.2) is 0 Å². The van der Waals surface area contributed by atoms with E-state index in [9.17, 15) is 0 Å². The van der Waals surface area contributed by atoms with E-state index in [-0.39, 0.29) is 0 Å². The first kappa shape index (κ1) is 10.7. The summed E-state index contributed by atoms with van der Waals surface area (Å²) >= 11 is 0. The van der Waals surface area contributed by atoms with Gasteiger partial charge in [-0.05, 0) is 25.8 Å². The molecule has 0 amide bonds. The molecule has 0 aliphatic rings. The van der Waals surface area contributed by atoms with E-state index in [1.807, 2.05) is 7.05 Å². The summed E-state index contributed by atoms with van der Waals surface area (Å²) in [7, 11) is 1.97. The zero-order valence-electron chi connectivity index (χ0n) is 8.49. The molecule has 0 saturated carbocycles. The van der Waals surface area contributed by atoms with E-state index in [0.717, 1.165) is 6.42 Å². The molecule has 0 fully saturated rings. The molecule has 1 nitrogen and oxygen atoms in total. The topological polar surface area (TPSA) is 12.0 Å². The highest BCUT2D eigenvalue weighted by atomic mass is 14.9. The minimum atomic E-state index is 0.363. The average molecular weight is 155 g/mol. The molecular formula is C10H21N. The number of hydrogen-bond acceptors (Lipinski definition) is 1. The van der Waals surface area contributed by atoms with Crippen LogP contribution in [0.25, 0.3) is 0 Å². The molecule has 0 radical (unpaired) electrons. The van der Waals surface area contributed by atoms with Crippen molar-refractivity contribution in [1.29, 1.82) is 0 Å². The lowest BCUT2D eigenvalue weighted by Crippen LogP contribution is -2.25. The summed E-state index contributed by atoms with van der Waals surface area (Å²) in [5.74, 6) is 0. The van der Waals surface area contributed by atoms with Gasteiger partial charge in [-0.2, -0.15) is 0 Å². The minimum absolute atomic E-state index is 0.363. The van der Waals surface area contributed by atoms with Gasteiger partial charge in [0.15, 0.2) is 0 Å². The van der Waals surface area contributed by atoms with Gasteiger partial charge in [-0.3, -0.25) is 0 Å². The Labute approximate surface area is 70.9 Å². The van der Waals surface area contributed by atoms with Crippen molar-refractivity contribution >= 4 is 0 Å². The summed E-state index contributed by atoms with van der Waals surface area (Å²) in [4.78, 5) is 0. The normalized spacial score (nSPS) is 14.6.